The van der Waals surface area contributed by atoms with Crippen molar-refractivity contribution in [2.45, 2.75) is 86.5 Å². The van der Waals surface area contributed by atoms with Gasteiger partial charge in [-0.1, -0.05) is 60.8 Å². The van der Waals surface area contributed by atoms with E-state index in [1.165, 1.54) is 38.5 Å². The molecule has 2 nitrogen and oxygen atoms in total. The number of unbranched alkanes of at least 4 members (excludes halogenated alkanes) is 2. The molecule has 0 bridgehead atoms. The first-order valence-corrected chi connectivity index (χ1v) is 9.13. The fraction of sp³-hybridized carbons (Fsp3) is 1.00. The molecule has 0 rings (SSSR count). The van der Waals surface area contributed by atoms with Gasteiger partial charge < -0.3 is 11.1 Å². The predicted octanol–water partition coefficient (Wildman–Crippen LogP) is 4.97. The van der Waals surface area contributed by atoms with Crippen molar-refractivity contribution in [3.05, 3.63) is 0 Å². The molecule has 0 spiro atoms. The third-order valence-electron chi connectivity index (χ3n) is 4.71. The number of rotatable bonds is 12. The zero-order valence-corrected chi connectivity index (χ0v) is 15.7. The van der Waals surface area contributed by atoms with E-state index in [1.54, 1.807) is 0 Å². The Kier molecular flexibility index (Phi) is 10.6. The molecule has 1 unspecified atom stereocenters. The van der Waals surface area contributed by atoms with Crippen LogP contribution in [-0.4, -0.2) is 19.6 Å². The van der Waals surface area contributed by atoms with Crippen molar-refractivity contribution in [2.75, 3.05) is 19.6 Å². The van der Waals surface area contributed by atoms with Crippen LogP contribution in [0.1, 0.15) is 86.5 Å². The molecule has 0 saturated heterocycles. The van der Waals surface area contributed by atoms with Crippen LogP contribution in [0.3, 0.4) is 0 Å². The molecule has 2 heteroatoms. The van der Waals surface area contributed by atoms with E-state index in [-0.39, 0.29) is 0 Å². The molecule has 0 aliphatic carbocycles. The molecule has 21 heavy (non-hydrogen) atoms. The van der Waals surface area contributed by atoms with Gasteiger partial charge in [-0.2, -0.15) is 0 Å². The molecule has 3 N–H and O–H groups in total. The van der Waals surface area contributed by atoms with Crippen LogP contribution in [0.15, 0.2) is 0 Å². The van der Waals surface area contributed by atoms with E-state index in [0.717, 1.165) is 32.0 Å². The Labute approximate surface area is 134 Å². The Morgan fingerprint density at radius 3 is 2.14 bits per heavy atom. The summed E-state index contributed by atoms with van der Waals surface area (Å²) in [5.41, 5.74) is 6.58. The SMILES string of the molecule is CCCCCC(C)(C)CNCCCC(CCN)C(C)(C)C. The molecular formula is C19H42N2. The lowest BCUT2D eigenvalue weighted by molar-refractivity contribution is 0.209. The molecule has 0 aromatic carbocycles. The van der Waals surface area contributed by atoms with Crippen molar-refractivity contribution in [3.8, 4) is 0 Å². The van der Waals surface area contributed by atoms with Crippen molar-refractivity contribution < 1.29 is 0 Å². The molecule has 0 fully saturated rings. The predicted molar refractivity (Wildman–Crippen MR) is 96.6 cm³/mol. The molecule has 0 radical (unpaired) electrons. The lowest BCUT2D eigenvalue weighted by atomic mass is 9.76. The third-order valence-corrected chi connectivity index (χ3v) is 4.71. The first kappa shape index (κ1) is 20.9. The standard InChI is InChI=1S/C19H42N2/c1-7-8-9-13-19(5,6)16-21-15-10-11-17(12-14-20)18(2,3)4/h17,21H,7-16,20H2,1-6H3. The van der Waals surface area contributed by atoms with Crippen molar-refractivity contribution in [2.24, 2.45) is 22.5 Å². The van der Waals surface area contributed by atoms with Gasteiger partial charge in [-0.25, -0.2) is 0 Å². The maximum Gasteiger partial charge on any atom is 0.000252 e. The molecule has 128 valence electrons. The van der Waals surface area contributed by atoms with Crippen LogP contribution in [0, 0.1) is 16.7 Å². The highest BCUT2D eigenvalue weighted by molar-refractivity contribution is 4.76. The molecule has 0 aliphatic rings. The van der Waals surface area contributed by atoms with Gasteiger partial charge in [0.1, 0.15) is 0 Å². The lowest BCUT2D eigenvalue weighted by Crippen LogP contribution is -2.31. The normalized spacial score (nSPS) is 14.4. The topological polar surface area (TPSA) is 38.0 Å². The Morgan fingerprint density at radius 2 is 1.62 bits per heavy atom. The van der Waals surface area contributed by atoms with Crippen LogP contribution in [0.5, 0.6) is 0 Å². The minimum atomic E-state index is 0.388. The maximum atomic E-state index is 5.76. The number of nitrogens with two attached hydrogens (primary N) is 1. The van der Waals surface area contributed by atoms with Crippen molar-refractivity contribution >= 4 is 0 Å². The van der Waals surface area contributed by atoms with Crippen molar-refractivity contribution in [3.63, 3.8) is 0 Å². The monoisotopic (exact) mass is 298 g/mol. The van der Waals surface area contributed by atoms with Gasteiger partial charge in [-0.05, 0) is 55.5 Å². The summed E-state index contributed by atoms with van der Waals surface area (Å²) in [5.74, 6) is 0.752. The third kappa shape index (κ3) is 11.2. The number of hydrogen-bond donors (Lipinski definition) is 2. The molecule has 0 aromatic rings. The van der Waals surface area contributed by atoms with Gasteiger partial charge in [-0.3, -0.25) is 0 Å². The highest BCUT2D eigenvalue weighted by atomic mass is 14.9. The Balaban J connectivity index is 3.83. The summed E-state index contributed by atoms with van der Waals surface area (Å²) in [6, 6.07) is 0. The molecule has 0 saturated carbocycles. The largest absolute Gasteiger partial charge is 0.330 e. The average molecular weight is 299 g/mol. The quantitative estimate of drug-likeness (QED) is 0.499. The van der Waals surface area contributed by atoms with Gasteiger partial charge in [0.2, 0.25) is 0 Å². The first-order chi connectivity index (χ1) is 9.73. The lowest BCUT2D eigenvalue weighted by Gasteiger charge is -2.31. The van der Waals surface area contributed by atoms with Gasteiger partial charge >= 0.3 is 0 Å². The van der Waals surface area contributed by atoms with Crippen LogP contribution in [0.4, 0.5) is 0 Å². The van der Waals surface area contributed by atoms with Gasteiger partial charge in [0.05, 0.1) is 0 Å². The molecule has 0 amide bonds. The second kappa shape index (κ2) is 10.6. The summed E-state index contributed by atoms with van der Waals surface area (Å²) in [6.45, 7) is 17.2. The minimum absolute atomic E-state index is 0.388. The summed E-state index contributed by atoms with van der Waals surface area (Å²) >= 11 is 0. The Hall–Kier alpha value is -0.0800. The zero-order chi connectivity index (χ0) is 16.4. The Bertz CT molecular complexity index is 240. The zero-order valence-electron chi connectivity index (χ0n) is 15.7. The van der Waals surface area contributed by atoms with E-state index in [0.29, 0.717) is 10.8 Å². The molecule has 0 heterocycles. The summed E-state index contributed by atoms with van der Waals surface area (Å²) in [4.78, 5) is 0. The molecular weight excluding hydrogens is 256 g/mol. The smallest absolute Gasteiger partial charge is 0.000252 e. The van der Waals surface area contributed by atoms with Crippen molar-refractivity contribution in [1.29, 1.82) is 0 Å². The van der Waals surface area contributed by atoms with E-state index in [9.17, 15) is 0 Å². The van der Waals surface area contributed by atoms with E-state index in [1.807, 2.05) is 0 Å². The van der Waals surface area contributed by atoms with Gasteiger partial charge in [-0.15, -0.1) is 0 Å². The van der Waals surface area contributed by atoms with Crippen LogP contribution in [0.2, 0.25) is 0 Å². The minimum Gasteiger partial charge on any atom is -0.330 e. The summed E-state index contributed by atoms with van der Waals surface area (Å²) in [7, 11) is 0. The van der Waals surface area contributed by atoms with Gasteiger partial charge in [0.25, 0.3) is 0 Å². The molecule has 0 aromatic heterocycles. The van der Waals surface area contributed by atoms with Gasteiger partial charge in [0, 0.05) is 6.54 Å². The van der Waals surface area contributed by atoms with Crippen molar-refractivity contribution in [1.82, 2.24) is 5.32 Å². The van der Waals surface area contributed by atoms with Gasteiger partial charge in [0.15, 0.2) is 0 Å². The number of nitrogens with one attached hydrogen (secondary N) is 1. The van der Waals surface area contributed by atoms with E-state index in [2.05, 4.69) is 46.9 Å². The Morgan fingerprint density at radius 1 is 0.952 bits per heavy atom. The molecule has 1 atom stereocenters. The van der Waals surface area contributed by atoms with E-state index in [4.69, 9.17) is 5.73 Å². The second-order valence-electron chi connectivity index (χ2n) is 8.58. The summed E-state index contributed by atoms with van der Waals surface area (Å²) in [6.07, 6.45) is 9.12. The summed E-state index contributed by atoms with van der Waals surface area (Å²) < 4.78 is 0. The first-order valence-electron chi connectivity index (χ1n) is 9.13. The van der Waals surface area contributed by atoms with E-state index >= 15 is 0 Å². The van der Waals surface area contributed by atoms with Crippen LogP contribution in [-0.2, 0) is 0 Å². The van der Waals surface area contributed by atoms with E-state index < -0.39 is 0 Å². The maximum absolute atomic E-state index is 5.76. The highest BCUT2D eigenvalue weighted by Gasteiger charge is 2.23. The number of hydrogen-bond acceptors (Lipinski definition) is 2. The average Bonchev–Trinajstić information content (AvgIpc) is 2.36. The fourth-order valence-corrected chi connectivity index (χ4v) is 3.05. The summed E-state index contributed by atoms with van der Waals surface area (Å²) in [5, 5.41) is 3.67. The highest BCUT2D eigenvalue weighted by Crippen LogP contribution is 2.32. The molecule has 0 aliphatic heterocycles. The van der Waals surface area contributed by atoms with Crippen LogP contribution < -0.4 is 11.1 Å². The van der Waals surface area contributed by atoms with Crippen LogP contribution in [0.25, 0.3) is 0 Å². The van der Waals surface area contributed by atoms with Crippen LogP contribution >= 0.6 is 0 Å². The fourth-order valence-electron chi connectivity index (χ4n) is 3.05. The second-order valence-corrected chi connectivity index (χ2v) is 8.58.